The zero-order valence-corrected chi connectivity index (χ0v) is 13.8. The maximum Gasteiger partial charge on any atom is 0.189 e. The molecule has 1 unspecified atom stereocenters. The van der Waals surface area contributed by atoms with E-state index in [1.165, 1.54) is 11.8 Å². The van der Waals surface area contributed by atoms with E-state index in [4.69, 9.17) is 23.2 Å². The van der Waals surface area contributed by atoms with Crippen molar-refractivity contribution in [2.24, 2.45) is 0 Å². The number of hydrogen-bond donors (Lipinski definition) is 1. The van der Waals surface area contributed by atoms with Crippen LogP contribution in [0.4, 0.5) is 5.82 Å². The number of nitrogens with one attached hydrogen (secondary N) is 1. The number of carbonyl (C=O) groups is 1. The fraction of sp³-hybridized carbons (Fsp3) is 0.214. The Bertz CT molecular complexity index is 646. The molecule has 2 rings (SSSR count). The number of thioether (sulfide) groups is 1. The van der Waals surface area contributed by atoms with E-state index in [0.717, 1.165) is 6.29 Å². The van der Waals surface area contributed by atoms with Crippen molar-refractivity contribution in [1.82, 2.24) is 9.97 Å². The topological polar surface area (TPSA) is 54.9 Å². The number of benzene rings is 1. The molecule has 0 aliphatic heterocycles. The Balaban J connectivity index is 2.59. The van der Waals surface area contributed by atoms with Gasteiger partial charge in [0, 0.05) is 34.4 Å². The van der Waals surface area contributed by atoms with E-state index in [1.54, 1.807) is 31.4 Å². The Hall–Kier alpha value is -1.30. The third-order valence-electron chi connectivity index (χ3n) is 3.00. The lowest BCUT2D eigenvalue weighted by molar-refractivity contribution is -0.108. The van der Waals surface area contributed by atoms with Crippen molar-refractivity contribution in [3.8, 4) is 0 Å². The summed E-state index contributed by atoms with van der Waals surface area (Å²) in [6.45, 7) is 0. The molecule has 0 bridgehead atoms. The lowest BCUT2D eigenvalue weighted by atomic mass is 9.93. The minimum absolute atomic E-state index is 0.440. The maximum absolute atomic E-state index is 11.6. The van der Waals surface area contributed by atoms with E-state index in [1.807, 2.05) is 6.26 Å². The van der Waals surface area contributed by atoms with Crippen LogP contribution in [0, 0.1) is 0 Å². The average Bonchev–Trinajstić information content (AvgIpc) is 2.50. The van der Waals surface area contributed by atoms with Crippen molar-refractivity contribution in [3.63, 3.8) is 0 Å². The number of halogens is 2. The van der Waals surface area contributed by atoms with Gasteiger partial charge in [-0.1, -0.05) is 41.0 Å². The standard InChI is InChI=1S/C14H13Cl2N3OS/c1-17-13-8(6-18-14(19-13)21-2)9(7-20)12-10(15)4-3-5-11(12)16/h3-7,9H,1-2H3,(H,17,18,19). The van der Waals surface area contributed by atoms with E-state index >= 15 is 0 Å². The summed E-state index contributed by atoms with van der Waals surface area (Å²) >= 11 is 13.8. The van der Waals surface area contributed by atoms with Crippen LogP contribution in [0.5, 0.6) is 0 Å². The van der Waals surface area contributed by atoms with Crippen LogP contribution in [0.15, 0.2) is 29.6 Å². The Labute approximate surface area is 137 Å². The van der Waals surface area contributed by atoms with Gasteiger partial charge in [0.2, 0.25) is 0 Å². The fourth-order valence-electron chi connectivity index (χ4n) is 2.01. The van der Waals surface area contributed by atoms with Gasteiger partial charge in [0.1, 0.15) is 12.1 Å². The molecule has 110 valence electrons. The number of hydrogen-bond acceptors (Lipinski definition) is 5. The van der Waals surface area contributed by atoms with E-state index in [-0.39, 0.29) is 0 Å². The van der Waals surface area contributed by atoms with Crippen LogP contribution < -0.4 is 5.32 Å². The molecule has 1 atom stereocenters. The van der Waals surface area contributed by atoms with Crippen LogP contribution >= 0.6 is 35.0 Å². The molecule has 2 aromatic rings. The predicted octanol–water partition coefficient (Wildman–Crippen LogP) is 3.88. The van der Waals surface area contributed by atoms with Crippen LogP contribution in [0.1, 0.15) is 17.0 Å². The summed E-state index contributed by atoms with van der Waals surface area (Å²) in [6, 6.07) is 5.15. The summed E-state index contributed by atoms with van der Waals surface area (Å²) < 4.78 is 0. The zero-order chi connectivity index (χ0) is 15.4. The van der Waals surface area contributed by atoms with Crippen LogP contribution in [0.2, 0.25) is 10.0 Å². The summed E-state index contributed by atoms with van der Waals surface area (Å²) in [5.74, 6) is -0.0352. The van der Waals surface area contributed by atoms with Gasteiger partial charge in [-0.25, -0.2) is 9.97 Å². The SMILES string of the molecule is CNc1nc(SC)ncc1C(C=O)c1c(Cl)cccc1Cl. The molecule has 1 N–H and O–H groups in total. The van der Waals surface area contributed by atoms with E-state index in [0.29, 0.717) is 32.1 Å². The minimum atomic E-state index is -0.621. The molecule has 0 aliphatic carbocycles. The first-order valence-electron chi connectivity index (χ1n) is 6.10. The smallest absolute Gasteiger partial charge is 0.189 e. The van der Waals surface area contributed by atoms with Gasteiger partial charge in [-0.2, -0.15) is 0 Å². The first-order valence-corrected chi connectivity index (χ1v) is 8.08. The van der Waals surface area contributed by atoms with Crippen molar-refractivity contribution in [2.45, 2.75) is 11.1 Å². The summed E-state index contributed by atoms with van der Waals surface area (Å²) in [5, 5.41) is 4.49. The van der Waals surface area contributed by atoms with Crippen LogP contribution in [-0.2, 0) is 4.79 Å². The number of aldehydes is 1. The molecule has 21 heavy (non-hydrogen) atoms. The molecule has 4 nitrogen and oxygen atoms in total. The zero-order valence-electron chi connectivity index (χ0n) is 11.4. The molecule has 0 saturated carbocycles. The van der Waals surface area contributed by atoms with Gasteiger partial charge in [0.15, 0.2) is 5.16 Å². The van der Waals surface area contributed by atoms with Crippen molar-refractivity contribution >= 4 is 47.1 Å². The molecular formula is C14H13Cl2N3OS. The first-order chi connectivity index (χ1) is 10.1. The number of rotatable bonds is 5. The molecule has 0 aliphatic rings. The molecular weight excluding hydrogens is 329 g/mol. The monoisotopic (exact) mass is 341 g/mol. The molecule has 0 saturated heterocycles. The second-order valence-corrected chi connectivity index (χ2v) is 5.75. The third kappa shape index (κ3) is 3.31. The van der Waals surface area contributed by atoms with Gasteiger partial charge < -0.3 is 10.1 Å². The summed E-state index contributed by atoms with van der Waals surface area (Å²) in [6.07, 6.45) is 4.31. The Morgan fingerprint density at radius 1 is 1.33 bits per heavy atom. The Morgan fingerprint density at radius 3 is 2.52 bits per heavy atom. The largest absolute Gasteiger partial charge is 0.373 e. The minimum Gasteiger partial charge on any atom is -0.373 e. The highest BCUT2D eigenvalue weighted by Crippen LogP contribution is 2.36. The summed E-state index contributed by atoms with van der Waals surface area (Å²) in [5.41, 5.74) is 1.20. The molecule has 0 spiro atoms. The Morgan fingerprint density at radius 2 is 2.00 bits per heavy atom. The average molecular weight is 342 g/mol. The number of aromatic nitrogens is 2. The van der Waals surface area contributed by atoms with Crippen molar-refractivity contribution in [3.05, 3.63) is 45.6 Å². The molecule has 1 aromatic heterocycles. The second-order valence-electron chi connectivity index (χ2n) is 4.16. The molecule has 0 fully saturated rings. The molecule has 7 heteroatoms. The molecule has 0 radical (unpaired) electrons. The summed E-state index contributed by atoms with van der Waals surface area (Å²) in [7, 11) is 1.74. The van der Waals surface area contributed by atoms with Gasteiger partial charge in [-0.05, 0) is 18.4 Å². The Kier molecular flexibility index (Phi) is 5.45. The summed E-state index contributed by atoms with van der Waals surface area (Å²) in [4.78, 5) is 20.2. The van der Waals surface area contributed by atoms with Crippen molar-refractivity contribution in [1.29, 1.82) is 0 Å². The lowest BCUT2D eigenvalue weighted by Gasteiger charge is -2.17. The first kappa shape index (κ1) is 16.1. The van der Waals surface area contributed by atoms with Gasteiger partial charge in [-0.15, -0.1) is 0 Å². The van der Waals surface area contributed by atoms with Crippen LogP contribution in [0.25, 0.3) is 0 Å². The second kappa shape index (κ2) is 7.11. The van der Waals surface area contributed by atoms with Gasteiger partial charge in [0.25, 0.3) is 0 Å². The van der Waals surface area contributed by atoms with Crippen LogP contribution in [0.3, 0.4) is 0 Å². The molecule has 1 aromatic carbocycles. The van der Waals surface area contributed by atoms with Gasteiger partial charge in [0.05, 0.1) is 5.92 Å². The quantitative estimate of drug-likeness (QED) is 0.508. The molecule has 1 heterocycles. The van der Waals surface area contributed by atoms with E-state index in [2.05, 4.69) is 15.3 Å². The predicted molar refractivity (Wildman–Crippen MR) is 87.7 cm³/mol. The van der Waals surface area contributed by atoms with Gasteiger partial charge >= 0.3 is 0 Å². The lowest BCUT2D eigenvalue weighted by Crippen LogP contribution is -2.10. The molecule has 0 amide bonds. The highest BCUT2D eigenvalue weighted by molar-refractivity contribution is 7.98. The van der Waals surface area contributed by atoms with Gasteiger partial charge in [-0.3, -0.25) is 0 Å². The highest BCUT2D eigenvalue weighted by atomic mass is 35.5. The fourth-order valence-corrected chi connectivity index (χ4v) is 2.98. The highest BCUT2D eigenvalue weighted by Gasteiger charge is 2.23. The number of anilines is 1. The third-order valence-corrected chi connectivity index (χ3v) is 4.22. The number of carbonyl (C=O) groups excluding carboxylic acids is 1. The number of nitrogens with zero attached hydrogens (tertiary/aromatic N) is 2. The van der Waals surface area contributed by atoms with E-state index < -0.39 is 5.92 Å². The van der Waals surface area contributed by atoms with Crippen molar-refractivity contribution in [2.75, 3.05) is 18.6 Å². The maximum atomic E-state index is 11.6. The normalized spacial score (nSPS) is 12.0. The van der Waals surface area contributed by atoms with Crippen molar-refractivity contribution < 1.29 is 4.79 Å². The van der Waals surface area contributed by atoms with Crippen LogP contribution in [-0.4, -0.2) is 29.6 Å². The van der Waals surface area contributed by atoms with E-state index in [9.17, 15) is 4.79 Å².